The van der Waals surface area contributed by atoms with Crippen molar-refractivity contribution in [1.29, 1.82) is 0 Å². The van der Waals surface area contributed by atoms with Gasteiger partial charge in [0, 0.05) is 28.6 Å². The number of fused-ring (bicyclic) bond motifs is 1. The molecule has 11 heteroatoms. The summed E-state index contributed by atoms with van der Waals surface area (Å²) in [5, 5.41) is 13.5. The highest BCUT2D eigenvalue weighted by atomic mass is 35.5. The van der Waals surface area contributed by atoms with Crippen molar-refractivity contribution in [2.75, 3.05) is 5.32 Å². The number of benzene rings is 4. The lowest BCUT2D eigenvalue weighted by Crippen LogP contribution is -2.17. The molecule has 208 valence electrons. The van der Waals surface area contributed by atoms with Gasteiger partial charge in [0.25, 0.3) is 5.91 Å². The van der Waals surface area contributed by atoms with Crippen LogP contribution in [0.15, 0.2) is 84.9 Å². The maximum absolute atomic E-state index is 14.0. The number of carbonyl (C=O) groups is 2. The number of carboxylic acid groups (broad SMARTS) is 1. The molecule has 2 N–H and O–H groups in total. The van der Waals surface area contributed by atoms with E-state index in [1.165, 1.54) is 22.8 Å². The number of carbonyl (C=O) groups excluding carboxylic acids is 1. The van der Waals surface area contributed by atoms with Gasteiger partial charge in [0.05, 0.1) is 16.8 Å². The molecule has 0 fully saturated rings. The van der Waals surface area contributed by atoms with E-state index in [-0.39, 0.29) is 34.4 Å². The molecule has 0 saturated heterocycles. The highest BCUT2D eigenvalue weighted by molar-refractivity contribution is 6.30. The van der Waals surface area contributed by atoms with Crippen molar-refractivity contribution in [2.45, 2.75) is 12.7 Å². The molecule has 4 aromatic carbocycles. The standard InChI is InChI=1S/C30H18ClF5N2O3/c31-21-3-1-2-16(10-21)15-38-25-13-18(19-11-22(32)14-23(33)12-19)6-9-24(25)26(27(38)29(40)41)37-28(39)17-4-7-20(8-5-17)30(34,35)36/h1-14H,15H2,(H,37,39)(H,40,41). The Morgan fingerprint density at radius 1 is 0.854 bits per heavy atom. The summed E-state index contributed by atoms with van der Waals surface area (Å²) in [6.45, 7) is -0.00416. The van der Waals surface area contributed by atoms with Crippen LogP contribution in [-0.2, 0) is 12.7 Å². The zero-order valence-electron chi connectivity index (χ0n) is 20.8. The van der Waals surface area contributed by atoms with E-state index in [4.69, 9.17) is 11.6 Å². The fourth-order valence-corrected chi connectivity index (χ4v) is 4.79. The highest BCUT2D eigenvalue weighted by Gasteiger charge is 2.30. The molecule has 41 heavy (non-hydrogen) atoms. The normalized spacial score (nSPS) is 11.6. The molecule has 5 rings (SSSR count). The second-order valence-electron chi connectivity index (χ2n) is 9.16. The van der Waals surface area contributed by atoms with Gasteiger partial charge in [-0.2, -0.15) is 13.2 Å². The van der Waals surface area contributed by atoms with Gasteiger partial charge in [-0.1, -0.05) is 35.9 Å². The number of aromatic nitrogens is 1. The number of halogens is 6. The summed E-state index contributed by atoms with van der Waals surface area (Å²) in [7, 11) is 0. The van der Waals surface area contributed by atoms with E-state index in [1.54, 1.807) is 24.3 Å². The third kappa shape index (κ3) is 5.78. The Balaban J connectivity index is 1.66. The van der Waals surface area contributed by atoms with Gasteiger partial charge in [0.1, 0.15) is 11.6 Å². The van der Waals surface area contributed by atoms with E-state index < -0.39 is 35.3 Å². The molecular formula is C30H18ClF5N2O3. The number of alkyl halides is 3. The number of amides is 1. The highest BCUT2D eigenvalue weighted by Crippen LogP contribution is 2.36. The monoisotopic (exact) mass is 584 g/mol. The minimum atomic E-state index is -4.60. The van der Waals surface area contributed by atoms with Crippen LogP contribution in [0.1, 0.15) is 32.0 Å². The average Bonchev–Trinajstić information content (AvgIpc) is 3.20. The molecule has 0 spiro atoms. The van der Waals surface area contributed by atoms with Crippen LogP contribution in [0, 0.1) is 11.6 Å². The molecule has 0 bridgehead atoms. The van der Waals surface area contributed by atoms with Gasteiger partial charge in [-0.25, -0.2) is 13.6 Å². The number of anilines is 1. The lowest BCUT2D eigenvalue weighted by Gasteiger charge is -2.11. The smallest absolute Gasteiger partial charge is 0.416 e. The van der Waals surface area contributed by atoms with Crippen molar-refractivity contribution < 1.29 is 36.6 Å². The SMILES string of the molecule is O=C(Nc1c(C(=O)O)n(Cc2cccc(Cl)c2)c2cc(-c3cc(F)cc(F)c3)ccc12)c1ccc(C(F)(F)F)cc1. The number of hydrogen-bond donors (Lipinski definition) is 2. The maximum Gasteiger partial charge on any atom is 0.416 e. The van der Waals surface area contributed by atoms with E-state index in [1.807, 2.05) is 0 Å². The predicted octanol–water partition coefficient (Wildman–Crippen LogP) is 8.26. The van der Waals surface area contributed by atoms with Crippen LogP contribution in [-0.4, -0.2) is 21.6 Å². The summed E-state index contributed by atoms with van der Waals surface area (Å²) in [6.07, 6.45) is -4.60. The minimum absolute atomic E-state index is 0.00416. The molecule has 5 aromatic rings. The van der Waals surface area contributed by atoms with Crippen LogP contribution < -0.4 is 5.32 Å². The van der Waals surface area contributed by atoms with Crippen molar-refractivity contribution in [3.05, 3.63) is 124 Å². The van der Waals surface area contributed by atoms with Crippen molar-refractivity contribution in [3.63, 3.8) is 0 Å². The predicted molar refractivity (Wildman–Crippen MR) is 144 cm³/mol. The molecule has 1 heterocycles. The number of rotatable bonds is 6. The van der Waals surface area contributed by atoms with E-state index in [2.05, 4.69) is 5.32 Å². The first-order chi connectivity index (χ1) is 19.4. The van der Waals surface area contributed by atoms with E-state index in [0.29, 0.717) is 21.7 Å². The van der Waals surface area contributed by atoms with Gasteiger partial charge in [0.15, 0.2) is 5.69 Å². The van der Waals surface area contributed by atoms with Gasteiger partial charge in [-0.15, -0.1) is 0 Å². The van der Waals surface area contributed by atoms with Crippen LogP contribution in [0.3, 0.4) is 0 Å². The number of hydrogen-bond acceptors (Lipinski definition) is 2. The number of nitrogens with one attached hydrogen (secondary N) is 1. The lowest BCUT2D eigenvalue weighted by molar-refractivity contribution is -0.137. The van der Waals surface area contributed by atoms with Crippen LogP contribution in [0.4, 0.5) is 27.6 Å². The first kappa shape index (κ1) is 27.9. The molecule has 0 radical (unpaired) electrons. The molecule has 0 atom stereocenters. The van der Waals surface area contributed by atoms with Gasteiger partial charge >= 0.3 is 12.1 Å². The summed E-state index contributed by atoms with van der Waals surface area (Å²) in [6, 6.07) is 17.7. The van der Waals surface area contributed by atoms with Crippen LogP contribution >= 0.6 is 11.6 Å². The topological polar surface area (TPSA) is 71.3 Å². The molecule has 0 aliphatic carbocycles. The molecule has 0 aliphatic rings. The summed E-state index contributed by atoms with van der Waals surface area (Å²) < 4.78 is 68.2. The molecule has 1 aromatic heterocycles. The van der Waals surface area contributed by atoms with E-state index in [0.717, 1.165) is 42.5 Å². The average molecular weight is 585 g/mol. The second kappa shape index (κ2) is 10.7. The quantitative estimate of drug-likeness (QED) is 0.197. The molecule has 5 nitrogen and oxygen atoms in total. The maximum atomic E-state index is 14.0. The third-order valence-electron chi connectivity index (χ3n) is 6.41. The molecule has 0 aliphatic heterocycles. The number of aromatic carboxylic acids is 1. The fraction of sp³-hybridized carbons (Fsp3) is 0.0667. The van der Waals surface area contributed by atoms with Crippen molar-refractivity contribution in [1.82, 2.24) is 4.57 Å². The van der Waals surface area contributed by atoms with Crippen LogP contribution in [0.25, 0.3) is 22.0 Å². The third-order valence-corrected chi connectivity index (χ3v) is 6.64. The van der Waals surface area contributed by atoms with E-state index >= 15 is 0 Å². The van der Waals surface area contributed by atoms with Crippen molar-refractivity contribution in [3.8, 4) is 11.1 Å². The zero-order valence-corrected chi connectivity index (χ0v) is 21.5. The summed E-state index contributed by atoms with van der Waals surface area (Å²) in [4.78, 5) is 25.6. The number of nitrogens with zero attached hydrogens (tertiary/aromatic N) is 1. The Hall–Kier alpha value is -4.70. The van der Waals surface area contributed by atoms with Crippen LogP contribution in [0.5, 0.6) is 0 Å². The van der Waals surface area contributed by atoms with Crippen molar-refractivity contribution in [2.24, 2.45) is 0 Å². The Morgan fingerprint density at radius 2 is 1.54 bits per heavy atom. The van der Waals surface area contributed by atoms with Gasteiger partial charge in [-0.05, 0) is 71.3 Å². The molecule has 0 saturated carbocycles. The Kier molecular flexibility index (Phi) is 7.27. The first-order valence-corrected chi connectivity index (χ1v) is 12.4. The summed E-state index contributed by atoms with van der Waals surface area (Å²) in [5.74, 6) is -3.83. The van der Waals surface area contributed by atoms with Gasteiger partial charge in [0.2, 0.25) is 0 Å². The molecule has 1 amide bonds. The van der Waals surface area contributed by atoms with Crippen LogP contribution in [0.2, 0.25) is 5.02 Å². The molecular weight excluding hydrogens is 567 g/mol. The first-order valence-electron chi connectivity index (χ1n) is 12.0. The minimum Gasteiger partial charge on any atom is -0.477 e. The summed E-state index contributed by atoms with van der Waals surface area (Å²) in [5.41, 5.74) is 0.0215. The Morgan fingerprint density at radius 3 is 2.15 bits per heavy atom. The van der Waals surface area contributed by atoms with Gasteiger partial charge in [-0.3, -0.25) is 4.79 Å². The number of carboxylic acids is 1. The van der Waals surface area contributed by atoms with Gasteiger partial charge < -0.3 is 15.0 Å². The Bertz CT molecular complexity index is 1790. The Labute approximate surface area is 234 Å². The van der Waals surface area contributed by atoms with Crippen molar-refractivity contribution >= 4 is 40.1 Å². The largest absolute Gasteiger partial charge is 0.477 e. The van der Waals surface area contributed by atoms with E-state index in [9.17, 15) is 36.6 Å². The fourth-order valence-electron chi connectivity index (χ4n) is 4.58. The lowest BCUT2D eigenvalue weighted by atomic mass is 10.0. The zero-order chi connectivity index (χ0) is 29.5. The molecule has 0 unspecified atom stereocenters. The second-order valence-corrected chi connectivity index (χ2v) is 9.60. The summed E-state index contributed by atoms with van der Waals surface area (Å²) >= 11 is 6.12.